The van der Waals surface area contributed by atoms with Crippen molar-refractivity contribution in [2.24, 2.45) is 0 Å². The molecule has 0 unspecified atom stereocenters. The van der Waals surface area contributed by atoms with E-state index in [9.17, 15) is 10.1 Å². The molecule has 1 aromatic carbocycles. The van der Waals surface area contributed by atoms with E-state index >= 15 is 0 Å². The Bertz CT molecular complexity index is 816. The first-order valence-electron chi connectivity index (χ1n) is 6.59. The van der Waals surface area contributed by atoms with Gasteiger partial charge in [0.2, 0.25) is 11.7 Å². The zero-order valence-electron chi connectivity index (χ0n) is 12.1. The first-order valence-corrected chi connectivity index (χ1v) is 7.53. The Labute approximate surface area is 134 Å². The quantitative estimate of drug-likeness (QED) is 0.545. The van der Waals surface area contributed by atoms with Crippen molar-refractivity contribution in [3.05, 3.63) is 51.0 Å². The highest BCUT2D eigenvalue weighted by Gasteiger charge is 2.13. The fourth-order valence-corrected chi connectivity index (χ4v) is 2.59. The summed E-state index contributed by atoms with van der Waals surface area (Å²) in [7, 11) is 1.49. The van der Waals surface area contributed by atoms with E-state index in [0.717, 1.165) is 5.56 Å². The van der Waals surface area contributed by atoms with Crippen LogP contribution < -0.4 is 10.1 Å². The molecule has 0 atom stereocenters. The average molecular weight is 332 g/mol. The number of thiophene rings is 1. The van der Waals surface area contributed by atoms with Crippen molar-refractivity contribution in [1.82, 2.24) is 10.1 Å². The molecule has 8 nitrogen and oxygen atoms in total. The fraction of sp³-hybridized carbons (Fsp3) is 0.143. The van der Waals surface area contributed by atoms with Crippen LogP contribution in [-0.4, -0.2) is 22.2 Å². The van der Waals surface area contributed by atoms with E-state index in [1.165, 1.54) is 25.3 Å². The summed E-state index contributed by atoms with van der Waals surface area (Å²) in [5, 5.41) is 21.6. The average Bonchev–Trinajstić information content (AvgIpc) is 3.23. The van der Waals surface area contributed by atoms with E-state index in [2.05, 4.69) is 15.5 Å². The van der Waals surface area contributed by atoms with Gasteiger partial charge >= 0.3 is 0 Å². The van der Waals surface area contributed by atoms with Crippen molar-refractivity contribution in [2.75, 3.05) is 12.4 Å². The zero-order valence-corrected chi connectivity index (χ0v) is 12.9. The summed E-state index contributed by atoms with van der Waals surface area (Å²) < 4.78 is 10.3. The van der Waals surface area contributed by atoms with Crippen LogP contribution >= 0.6 is 11.3 Å². The lowest BCUT2D eigenvalue weighted by Gasteiger charge is -2.09. The molecule has 0 bridgehead atoms. The van der Waals surface area contributed by atoms with Crippen LogP contribution in [0.1, 0.15) is 5.89 Å². The Morgan fingerprint density at radius 3 is 3.00 bits per heavy atom. The Morgan fingerprint density at radius 1 is 1.43 bits per heavy atom. The monoisotopic (exact) mass is 332 g/mol. The summed E-state index contributed by atoms with van der Waals surface area (Å²) in [6.45, 7) is 0.231. The summed E-state index contributed by atoms with van der Waals surface area (Å²) in [5.74, 6) is 1.38. The topological polar surface area (TPSA) is 103 Å². The molecule has 1 N–H and O–H groups in total. The van der Waals surface area contributed by atoms with Crippen LogP contribution in [0.15, 0.2) is 39.5 Å². The maximum Gasteiger partial charge on any atom is 0.271 e. The van der Waals surface area contributed by atoms with Gasteiger partial charge in [-0.05, 0) is 17.5 Å². The summed E-state index contributed by atoms with van der Waals surface area (Å²) in [6.07, 6.45) is 0. The molecule has 0 radical (unpaired) electrons. The molecular formula is C14H12N4O4S. The lowest BCUT2D eigenvalue weighted by Crippen LogP contribution is -2.02. The van der Waals surface area contributed by atoms with Crippen molar-refractivity contribution in [3.63, 3.8) is 0 Å². The number of nitro benzene ring substituents is 1. The number of aromatic nitrogens is 2. The highest BCUT2D eigenvalue weighted by atomic mass is 32.1. The van der Waals surface area contributed by atoms with Crippen molar-refractivity contribution in [3.8, 4) is 17.1 Å². The largest absolute Gasteiger partial charge is 0.495 e. The van der Waals surface area contributed by atoms with Crippen LogP contribution in [0.4, 0.5) is 11.4 Å². The molecule has 0 fully saturated rings. The van der Waals surface area contributed by atoms with Crippen molar-refractivity contribution in [1.29, 1.82) is 0 Å². The maximum absolute atomic E-state index is 10.9. The number of non-ortho nitro benzene ring substituents is 1. The number of anilines is 1. The minimum Gasteiger partial charge on any atom is -0.495 e. The van der Waals surface area contributed by atoms with Gasteiger partial charge in [-0.2, -0.15) is 16.3 Å². The van der Waals surface area contributed by atoms with E-state index in [4.69, 9.17) is 9.26 Å². The van der Waals surface area contributed by atoms with Gasteiger partial charge in [-0.3, -0.25) is 10.1 Å². The standard InChI is InChI=1S/C14H12N4O4S/c1-21-12-3-2-10(18(19)20)6-11(12)15-7-13-16-14(17-22-13)9-4-5-23-8-9/h2-6,8,15H,7H2,1H3. The maximum atomic E-state index is 10.9. The Balaban J connectivity index is 1.75. The van der Waals surface area contributed by atoms with Gasteiger partial charge in [-0.25, -0.2) is 0 Å². The third-order valence-electron chi connectivity index (χ3n) is 3.07. The Hall–Kier alpha value is -2.94. The van der Waals surface area contributed by atoms with Gasteiger partial charge in [0.25, 0.3) is 5.69 Å². The number of ether oxygens (including phenoxy) is 1. The molecule has 118 valence electrons. The molecule has 23 heavy (non-hydrogen) atoms. The minimum atomic E-state index is -0.466. The van der Waals surface area contributed by atoms with Gasteiger partial charge < -0.3 is 14.6 Å². The number of nitro groups is 1. The lowest BCUT2D eigenvalue weighted by atomic mass is 10.2. The molecule has 0 amide bonds. The molecule has 9 heteroatoms. The van der Waals surface area contributed by atoms with Gasteiger partial charge in [0.15, 0.2) is 0 Å². The SMILES string of the molecule is COc1ccc([N+](=O)[O-])cc1NCc1nc(-c2ccsc2)no1. The smallest absolute Gasteiger partial charge is 0.271 e. The molecule has 3 rings (SSSR count). The van der Waals surface area contributed by atoms with Gasteiger partial charge in [0.05, 0.1) is 24.3 Å². The highest BCUT2D eigenvalue weighted by Crippen LogP contribution is 2.29. The number of rotatable bonds is 6. The van der Waals surface area contributed by atoms with Gasteiger partial charge in [0.1, 0.15) is 5.75 Å². The predicted molar refractivity (Wildman–Crippen MR) is 84.6 cm³/mol. The van der Waals surface area contributed by atoms with Gasteiger partial charge in [-0.15, -0.1) is 0 Å². The van der Waals surface area contributed by atoms with Crippen molar-refractivity contribution in [2.45, 2.75) is 6.54 Å². The predicted octanol–water partition coefficient (Wildman–Crippen LogP) is 3.33. The molecule has 0 spiro atoms. The number of nitrogens with one attached hydrogen (secondary N) is 1. The van der Waals surface area contributed by atoms with Crippen LogP contribution in [0.5, 0.6) is 5.75 Å². The molecule has 0 saturated carbocycles. The van der Waals surface area contributed by atoms with Crippen molar-refractivity contribution < 1.29 is 14.2 Å². The summed E-state index contributed by atoms with van der Waals surface area (Å²) in [6, 6.07) is 6.21. The second-order valence-electron chi connectivity index (χ2n) is 4.52. The van der Waals surface area contributed by atoms with Crippen LogP contribution in [0.2, 0.25) is 0 Å². The normalized spacial score (nSPS) is 10.5. The third-order valence-corrected chi connectivity index (χ3v) is 3.75. The van der Waals surface area contributed by atoms with Gasteiger partial charge in [-0.1, -0.05) is 5.16 Å². The number of hydrogen-bond acceptors (Lipinski definition) is 8. The van der Waals surface area contributed by atoms with E-state index in [0.29, 0.717) is 23.2 Å². The van der Waals surface area contributed by atoms with E-state index < -0.39 is 4.92 Å². The van der Waals surface area contributed by atoms with Crippen LogP contribution in [0.3, 0.4) is 0 Å². The Kier molecular flexibility index (Phi) is 4.20. The second kappa shape index (κ2) is 6.44. The summed E-state index contributed by atoms with van der Waals surface area (Å²) >= 11 is 1.55. The number of benzene rings is 1. The molecule has 2 aromatic heterocycles. The van der Waals surface area contributed by atoms with Crippen LogP contribution in [0, 0.1) is 10.1 Å². The molecule has 0 saturated heterocycles. The fourth-order valence-electron chi connectivity index (χ4n) is 1.95. The summed E-state index contributed by atoms with van der Waals surface area (Å²) in [5.41, 5.74) is 1.34. The van der Waals surface area contributed by atoms with Crippen LogP contribution in [0.25, 0.3) is 11.4 Å². The summed E-state index contributed by atoms with van der Waals surface area (Å²) in [4.78, 5) is 14.7. The Morgan fingerprint density at radius 2 is 2.30 bits per heavy atom. The first-order chi connectivity index (χ1) is 11.2. The van der Waals surface area contributed by atoms with Crippen molar-refractivity contribution >= 4 is 22.7 Å². The molecular weight excluding hydrogens is 320 g/mol. The second-order valence-corrected chi connectivity index (χ2v) is 5.30. The number of hydrogen-bond donors (Lipinski definition) is 1. The minimum absolute atomic E-state index is 0.0298. The number of methoxy groups -OCH3 is 1. The molecule has 2 heterocycles. The third kappa shape index (κ3) is 3.29. The number of nitrogens with zero attached hydrogens (tertiary/aromatic N) is 3. The van der Waals surface area contributed by atoms with Gasteiger partial charge in [0, 0.05) is 23.1 Å². The van der Waals surface area contributed by atoms with E-state index in [1.807, 2.05) is 16.8 Å². The molecule has 3 aromatic rings. The van der Waals surface area contributed by atoms with E-state index in [-0.39, 0.29) is 12.2 Å². The molecule has 0 aliphatic rings. The highest BCUT2D eigenvalue weighted by molar-refractivity contribution is 7.08. The zero-order chi connectivity index (χ0) is 16.2. The first kappa shape index (κ1) is 15.0. The van der Waals surface area contributed by atoms with E-state index in [1.54, 1.807) is 11.3 Å². The lowest BCUT2D eigenvalue weighted by molar-refractivity contribution is -0.384. The molecule has 0 aliphatic carbocycles. The van der Waals surface area contributed by atoms with Crippen LogP contribution in [-0.2, 0) is 6.54 Å². The molecule has 0 aliphatic heterocycles.